The summed E-state index contributed by atoms with van der Waals surface area (Å²) >= 11 is 0. The second kappa shape index (κ2) is 7.26. The predicted molar refractivity (Wildman–Crippen MR) is 105 cm³/mol. The topological polar surface area (TPSA) is 94.3 Å². The van der Waals surface area contributed by atoms with Crippen LogP contribution in [0.2, 0.25) is 0 Å². The molecule has 0 radical (unpaired) electrons. The van der Waals surface area contributed by atoms with E-state index in [1.165, 1.54) is 18.2 Å². The molecular formula is C20H19NO4S2. The third-order valence-corrected chi connectivity index (χ3v) is 6.80. The van der Waals surface area contributed by atoms with Crippen molar-refractivity contribution in [3.63, 3.8) is 0 Å². The first-order valence-electron chi connectivity index (χ1n) is 8.17. The van der Waals surface area contributed by atoms with Crippen LogP contribution < -0.4 is 5.14 Å². The molecule has 0 aliphatic heterocycles. The lowest BCUT2D eigenvalue weighted by atomic mass is 10.0. The number of rotatable bonds is 5. The quantitative estimate of drug-likeness (QED) is 0.710. The van der Waals surface area contributed by atoms with Crippen molar-refractivity contribution in [2.75, 3.05) is 0 Å². The Labute approximate surface area is 159 Å². The number of hydrogen-bond acceptors (Lipinski definition) is 4. The Balaban J connectivity index is 1.86. The molecule has 0 heterocycles. The minimum Gasteiger partial charge on any atom is -0.225 e. The van der Waals surface area contributed by atoms with Gasteiger partial charge in [-0.15, -0.1) is 0 Å². The van der Waals surface area contributed by atoms with E-state index in [9.17, 15) is 16.8 Å². The highest BCUT2D eigenvalue weighted by atomic mass is 32.2. The minimum atomic E-state index is -3.88. The van der Waals surface area contributed by atoms with Gasteiger partial charge in [0.1, 0.15) is 0 Å². The van der Waals surface area contributed by atoms with Crippen molar-refractivity contribution in [2.45, 2.75) is 22.5 Å². The highest BCUT2D eigenvalue weighted by Gasteiger charge is 2.17. The third-order valence-electron chi connectivity index (χ3n) is 4.18. The lowest BCUT2D eigenvalue weighted by Crippen LogP contribution is -2.13. The number of sulfone groups is 1. The van der Waals surface area contributed by atoms with E-state index in [-0.39, 0.29) is 15.5 Å². The van der Waals surface area contributed by atoms with Crippen LogP contribution in [0.15, 0.2) is 82.6 Å². The fraction of sp³-hybridized carbons (Fsp3) is 0.100. The first-order valence-corrected chi connectivity index (χ1v) is 11.4. The number of hydrogen-bond donors (Lipinski definition) is 1. The summed E-state index contributed by atoms with van der Waals surface area (Å²) in [5.74, 6) is -0.305. The number of aryl methyl sites for hydroxylation is 1. The van der Waals surface area contributed by atoms with E-state index in [0.29, 0.717) is 5.56 Å². The molecule has 0 amide bonds. The molecule has 0 aliphatic rings. The average Bonchev–Trinajstić information content (AvgIpc) is 2.62. The van der Waals surface area contributed by atoms with E-state index < -0.39 is 19.9 Å². The Morgan fingerprint density at radius 1 is 0.741 bits per heavy atom. The van der Waals surface area contributed by atoms with E-state index in [1.54, 1.807) is 30.3 Å². The molecule has 140 valence electrons. The Bertz CT molecular complexity index is 1170. The summed E-state index contributed by atoms with van der Waals surface area (Å²) in [6, 6.07) is 20.3. The van der Waals surface area contributed by atoms with Crippen molar-refractivity contribution in [3.8, 4) is 11.1 Å². The molecule has 0 aliphatic carbocycles. The fourth-order valence-electron chi connectivity index (χ4n) is 2.72. The maximum Gasteiger partial charge on any atom is 0.238 e. The zero-order valence-corrected chi connectivity index (χ0v) is 16.3. The standard InChI is InChI=1S/C20H19NO4S2/c1-15-5-7-17(8-6-15)18-9-11-19(12-10-18)26(22,23)14-16-3-2-4-20(13-16)27(21,24)25/h2-13H,14H2,1H3,(H2,21,24,25). The second-order valence-corrected chi connectivity index (χ2v) is 9.89. The summed E-state index contributed by atoms with van der Waals surface area (Å²) in [7, 11) is -7.50. The lowest BCUT2D eigenvalue weighted by Gasteiger charge is -2.08. The SMILES string of the molecule is Cc1ccc(-c2ccc(S(=O)(=O)Cc3cccc(S(N)(=O)=O)c3)cc2)cc1. The van der Waals surface area contributed by atoms with Crippen LogP contribution in [-0.4, -0.2) is 16.8 Å². The number of primary sulfonamides is 1. The van der Waals surface area contributed by atoms with Gasteiger partial charge in [-0.3, -0.25) is 0 Å². The molecule has 3 rings (SSSR count). The molecule has 3 aromatic rings. The van der Waals surface area contributed by atoms with Crippen LogP contribution in [0, 0.1) is 6.92 Å². The van der Waals surface area contributed by atoms with Gasteiger partial charge >= 0.3 is 0 Å². The predicted octanol–water partition coefficient (Wildman–Crippen LogP) is 3.28. The van der Waals surface area contributed by atoms with Crippen molar-refractivity contribution in [2.24, 2.45) is 5.14 Å². The van der Waals surface area contributed by atoms with Crippen molar-refractivity contribution in [1.82, 2.24) is 0 Å². The molecule has 0 atom stereocenters. The average molecular weight is 402 g/mol. The van der Waals surface area contributed by atoms with E-state index in [2.05, 4.69) is 0 Å². The summed E-state index contributed by atoms with van der Waals surface area (Å²) in [4.78, 5) is 0.0734. The Morgan fingerprint density at radius 3 is 1.85 bits per heavy atom. The first-order chi connectivity index (χ1) is 12.6. The van der Waals surface area contributed by atoms with Gasteiger partial charge in [0.25, 0.3) is 0 Å². The number of nitrogens with two attached hydrogens (primary N) is 1. The van der Waals surface area contributed by atoms with Gasteiger partial charge in [0.15, 0.2) is 9.84 Å². The number of benzene rings is 3. The third kappa shape index (κ3) is 4.63. The number of sulfonamides is 1. The van der Waals surface area contributed by atoms with Crippen molar-refractivity contribution in [1.29, 1.82) is 0 Å². The van der Waals surface area contributed by atoms with Gasteiger partial charge in [-0.25, -0.2) is 22.0 Å². The first kappa shape index (κ1) is 19.3. The summed E-state index contributed by atoms with van der Waals surface area (Å²) in [5.41, 5.74) is 3.44. The maximum atomic E-state index is 12.7. The van der Waals surface area contributed by atoms with Gasteiger partial charge in [0.05, 0.1) is 15.5 Å². The van der Waals surface area contributed by atoms with Gasteiger partial charge < -0.3 is 0 Å². The van der Waals surface area contributed by atoms with Gasteiger partial charge in [-0.2, -0.15) is 0 Å². The zero-order chi connectivity index (χ0) is 19.7. The van der Waals surface area contributed by atoms with E-state index >= 15 is 0 Å². The highest BCUT2D eigenvalue weighted by molar-refractivity contribution is 7.90. The molecule has 7 heteroatoms. The second-order valence-electron chi connectivity index (χ2n) is 6.34. The summed E-state index contributed by atoms with van der Waals surface area (Å²) in [6.07, 6.45) is 0. The molecule has 2 N–H and O–H groups in total. The monoisotopic (exact) mass is 401 g/mol. The molecule has 0 bridgehead atoms. The van der Waals surface area contributed by atoms with Crippen molar-refractivity contribution < 1.29 is 16.8 Å². The molecule has 27 heavy (non-hydrogen) atoms. The molecule has 0 saturated heterocycles. The van der Waals surface area contributed by atoms with Gasteiger partial charge in [0, 0.05) is 0 Å². The van der Waals surface area contributed by atoms with Crippen LogP contribution in [0.25, 0.3) is 11.1 Å². The van der Waals surface area contributed by atoms with Crippen LogP contribution in [0.3, 0.4) is 0 Å². The molecule has 0 spiro atoms. The maximum absolute atomic E-state index is 12.7. The smallest absolute Gasteiger partial charge is 0.225 e. The van der Waals surface area contributed by atoms with Gasteiger partial charge in [-0.1, -0.05) is 54.1 Å². The highest BCUT2D eigenvalue weighted by Crippen LogP contribution is 2.24. The van der Waals surface area contributed by atoms with Crippen LogP contribution >= 0.6 is 0 Å². The Morgan fingerprint density at radius 2 is 1.30 bits per heavy atom. The summed E-state index contributed by atoms with van der Waals surface area (Å²) in [6.45, 7) is 2.00. The molecule has 0 fully saturated rings. The molecular weight excluding hydrogens is 382 g/mol. The van der Waals surface area contributed by atoms with E-state index in [1.807, 2.05) is 31.2 Å². The van der Waals surface area contributed by atoms with Crippen LogP contribution in [0.1, 0.15) is 11.1 Å². The molecule has 5 nitrogen and oxygen atoms in total. The molecule has 0 saturated carbocycles. The molecule has 0 unspecified atom stereocenters. The fourth-order valence-corrected chi connectivity index (χ4v) is 4.64. The normalized spacial score (nSPS) is 12.1. The van der Waals surface area contributed by atoms with Crippen molar-refractivity contribution >= 4 is 19.9 Å². The summed E-state index contributed by atoms with van der Waals surface area (Å²) < 4.78 is 48.2. The summed E-state index contributed by atoms with van der Waals surface area (Å²) in [5, 5.41) is 5.10. The molecule has 0 aromatic heterocycles. The lowest BCUT2D eigenvalue weighted by molar-refractivity contribution is 0.593. The van der Waals surface area contributed by atoms with E-state index in [4.69, 9.17) is 5.14 Å². The van der Waals surface area contributed by atoms with Gasteiger partial charge in [0.2, 0.25) is 10.0 Å². The largest absolute Gasteiger partial charge is 0.238 e. The van der Waals surface area contributed by atoms with Crippen molar-refractivity contribution in [3.05, 3.63) is 83.9 Å². The van der Waals surface area contributed by atoms with Gasteiger partial charge in [-0.05, 0) is 47.9 Å². The van der Waals surface area contributed by atoms with E-state index in [0.717, 1.165) is 16.7 Å². The minimum absolute atomic E-state index is 0.107. The van der Waals surface area contributed by atoms with Crippen LogP contribution in [-0.2, 0) is 25.6 Å². The van der Waals surface area contributed by atoms with Crippen LogP contribution in [0.5, 0.6) is 0 Å². The molecule has 3 aromatic carbocycles. The Kier molecular flexibility index (Phi) is 5.19. The van der Waals surface area contributed by atoms with Crippen LogP contribution in [0.4, 0.5) is 0 Å². The Hall–Kier alpha value is -2.48. The zero-order valence-electron chi connectivity index (χ0n) is 14.7.